The first kappa shape index (κ1) is 20.8. The van der Waals surface area contributed by atoms with Crippen molar-refractivity contribution in [1.82, 2.24) is 15.6 Å². The second-order valence-electron chi connectivity index (χ2n) is 6.52. The Labute approximate surface area is 172 Å². The molecule has 3 rings (SSSR count). The number of thiazole rings is 1. The van der Waals surface area contributed by atoms with E-state index in [0.29, 0.717) is 12.8 Å². The SMILES string of the molecule is CCOC(=O)C1=C(COC(=O)CCCc2nc3ccccc3s2)NC(=O)N[C@H]1C. The third-order valence-corrected chi connectivity index (χ3v) is 5.45. The molecule has 0 fully saturated rings. The Morgan fingerprint density at radius 1 is 1.24 bits per heavy atom. The van der Waals surface area contributed by atoms with E-state index in [1.807, 2.05) is 24.3 Å². The van der Waals surface area contributed by atoms with Crippen LogP contribution in [0.25, 0.3) is 10.2 Å². The van der Waals surface area contributed by atoms with Gasteiger partial charge in [-0.2, -0.15) is 0 Å². The molecule has 1 aliphatic heterocycles. The van der Waals surface area contributed by atoms with E-state index >= 15 is 0 Å². The van der Waals surface area contributed by atoms with Gasteiger partial charge in [-0.25, -0.2) is 14.6 Å². The average Bonchev–Trinajstić information content (AvgIpc) is 3.08. The number of esters is 2. The quantitative estimate of drug-likeness (QED) is 0.640. The van der Waals surface area contributed by atoms with Gasteiger partial charge in [0.05, 0.1) is 39.1 Å². The van der Waals surface area contributed by atoms with Crippen molar-refractivity contribution in [2.45, 2.75) is 39.2 Å². The number of fused-ring (bicyclic) bond motifs is 1. The van der Waals surface area contributed by atoms with Crippen molar-refractivity contribution in [3.63, 3.8) is 0 Å². The van der Waals surface area contributed by atoms with Crippen LogP contribution in [0.5, 0.6) is 0 Å². The lowest BCUT2D eigenvalue weighted by atomic mass is 10.0. The molecule has 2 amide bonds. The minimum atomic E-state index is -0.547. The number of aryl methyl sites for hydroxylation is 1. The molecule has 0 aliphatic carbocycles. The van der Waals surface area contributed by atoms with Gasteiger partial charge >= 0.3 is 18.0 Å². The van der Waals surface area contributed by atoms with Gasteiger partial charge in [0.15, 0.2) is 0 Å². The van der Waals surface area contributed by atoms with Gasteiger partial charge in [0, 0.05) is 6.42 Å². The van der Waals surface area contributed by atoms with E-state index in [0.717, 1.165) is 15.2 Å². The molecule has 0 saturated carbocycles. The van der Waals surface area contributed by atoms with Gasteiger partial charge < -0.3 is 20.1 Å². The van der Waals surface area contributed by atoms with Crippen molar-refractivity contribution in [1.29, 1.82) is 0 Å². The lowest BCUT2D eigenvalue weighted by Crippen LogP contribution is -2.50. The first-order valence-corrected chi connectivity index (χ1v) is 10.3. The number of hydrogen-bond donors (Lipinski definition) is 2. The van der Waals surface area contributed by atoms with E-state index in [9.17, 15) is 14.4 Å². The highest BCUT2D eigenvalue weighted by Crippen LogP contribution is 2.23. The Kier molecular flexibility index (Phi) is 6.82. The number of amides is 2. The van der Waals surface area contributed by atoms with Crippen molar-refractivity contribution >= 4 is 39.5 Å². The molecule has 29 heavy (non-hydrogen) atoms. The summed E-state index contributed by atoms with van der Waals surface area (Å²) in [5, 5.41) is 6.10. The van der Waals surface area contributed by atoms with Crippen molar-refractivity contribution < 1.29 is 23.9 Å². The number of carbonyl (C=O) groups excluding carboxylic acids is 3. The molecule has 2 heterocycles. The highest BCUT2D eigenvalue weighted by molar-refractivity contribution is 7.18. The predicted octanol–water partition coefficient (Wildman–Crippen LogP) is 2.68. The second-order valence-corrected chi connectivity index (χ2v) is 7.64. The van der Waals surface area contributed by atoms with Crippen LogP contribution in [0.4, 0.5) is 4.79 Å². The van der Waals surface area contributed by atoms with Gasteiger partial charge in [0.2, 0.25) is 0 Å². The van der Waals surface area contributed by atoms with E-state index in [-0.39, 0.29) is 30.9 Å². The van der Waals surface area contributed by atoms with Crippen molar-refractivity contribution in [2.75, 3.05) is 13.2 Å². The van der Waals surface area contributed by atoms with Gasteiger partial charge in [-0.3, -0.25) is 4.79 Å². The zero-order chi connectivity index (χ0) is 20.8. The van der Waals surface area contributed by atoms with Crippen LogP contribution in [-0.2, 0) is 25.5 Å². The van der Waals surface area contributed by atoms with E-state index in [2.05, 4.69) is 15.6 Å². The van der Waals surface area contributed by atoms with Crippen molar-refractivity contribution in [3.05, 3.63) is 40.5 Å². The summed E-state index contributed by atoms with van der Waals surface area (Å²) in [6.45, 7) is 3.39. The van der Waals surface area contributed by atoms with Crippen LogP contribution in [0.15, 0.2) is 35.5 Å². The highest BCUT2D eigenvalue weighted by atomic mass is 32.1. The summed E-state index contributed by atoms with van der Waals surface area (Å²) in [6.07, 6.45) is 1.51. The van der Waals surface area contributed by atoms with Gasteiger partial charge in [-0.1, -0.05) is 12.1 Å². The molecule has 2 aromatic rings. The predicted molar refractivity (Wildman–Crippen MR) is 108 cm³/mol. The van der Waals surface area contributed by atoms with Crippen LogP contribution in [0.1, 0.15) is 31.7 Å². The summed E-state index contributed by atoms with van der Waals surface area (Å²) in [7, 11) is 0. The van der Waals surface area contributed by atoms with E-state index in [4.69, 9.17) is 9.47 Å². The van der Waals surface area contributed by atoms with Gasteiger partial charge in [0.1, 0.15) is 6.61 Å². The molecular weight excluding hydrogens is 394 g/mol. The number of hydrogen-bond acceptors (Lipinski definition) is 7. The molecule has 0 bridgehead atoms. The van der Waals surface area contributed by atoms with E-state index in [1.54, 1.807) is 25.2 Å². The normalized spacial score (nSPS) is 16.3. The highest BCUT2D eigenvalue weighted by Gasteiger charge is 2.30. The molecule has 2 N–H and O–H groups in total. The van der Waals surface area contributed by atoms with Crippen molar-refractivity contribution in [3.8, 4) is 0 Å². The van der Waals surface area contributed by atoms with E-state index < -0.39 is 24.0 Å². The Hall–Kier alpha value is -2.94. The topological polar surface area (TPSA) is 107 Å². The van der Waals surface area contributed by atoms with Gasteiger partial charge in [0.25, 0.3) is 0 Å². The Balaban J connectivity index is 1.53. The Bertz CT molecular complexity index is 919. The number of benzene rings is 1. The van der Waals surface area contributed by atoms with Crippen LogP contribution in [0, 0.1) is 0 Å². The monoisotopic (exact) mass is 417 g/mol. The molecule has 1 aliphatic rings. The maximum Gasteiger partial charge on any atom is 0.338 e. The molecule has 1 aromatic heterocycles. The summed E-state index contributed by atoms with van der Waals surface area (Å²) in [4.78, 5) is 40.5. The minimum absolute atomic E-state index is 0.189. The molecule has 8 nitrogen and oxygen atoms in total. The summed E-state index contributed by atoms with van der Waals surface area (Å²) >= 11 is 1.62. The lowest BCUT2D eigenvalue weighted by molar-refractivity contribution is -0.143. The zero-order valence-electron chi connectivity index (χ0n) is 16.3. The molecule has 0 spiro atoms. The number of urea groups is 1. The zero-order valence-corrected chi connectivity index (χ0v) is 17.1. The first-order chi connectivity index (χ1) is 14.0. The third kappa shape index (κ3) is 5.32. The fourth-order valence-electron chi connectivity index (χ4n) is 3.03. The number of aromatic nitrogens is 1. The number of para-hydroxylation sites is 1. The van der Waals surface area contributed by atoms with Gasteiger partial charge in [-0.15, -0.1) is 11.3 Å². The first-order valence-electron chi connectivity index (χ1n) is 9.45. The molecule has 0 saturated heterocycles. The number of nitrogens with zero attached hydrogens (tertiary/aromatic N) is 1. The van der Waals surface area contributed by atoms with Crippen LogP contribution < -0.4 is 10.6 Å². The maximum atomic E-state index is 12.2. The van der Waals surface area contributed by atoms with Crippen LogP contribution >= 0.6 is 11.3 Å². The molecule has 154 valence electrons. The number of rotatable bonds is 8. The van der Waals surface area contributed by atoms with Crippen molar-refractivity contribution in [2.24, 2.45) is 0 Å². The minimum Gasteiger partial charge on any atom is -0.463 e. The Morgan fingerprint density at radius 2 is 2.03 bits per heavy atom. The summed E-state index contributed by atoms with van der Waals surface area (Å²) in [5.41, 5.74) is 1.47. The summed E-state index contributed by atoms with van der Waals surface area (Å²) < 4.78 is 11.4. The largest absolute Gasteiger partial charge is 0.463 e. The maximum absolute atomic E-state index is 12.2. The molecule has 1 atom stereocenters. The Morgan fingerprint density at radius 3 is 2.79 bits per heavy atom. The third-order valence-electron chi connectivity index (χ3n) is 4.35. The summed E-state index contributed by atoms with van der Waals surface area (Å²) in [6, 6.07) is 6.92. The number of ether oxygens (including phenoxy) is 2. The lowest BCUT2D eigenvalue weighted by Gasteiger charge is -2.26. The van der Waals surface area contributed by atoms with Gasteiger partial charge in [-0.05, 0) is 38.8 Å². The summed E-state index contributed by atoms with van der Waals surface area (Å²) in [5.74, 6) is -0.948. The van der Waals surface area contributed by atoms with E-state index in [1.165, 1.54) is 0 Å². The standard InChI is InChI=1S/C20H23N3O5S/c1-3-27-19(25)18-12(2)21-20(26)23-14(18)11-28-17(24)10-6-9-16-22-13-7-4-5-8-15(13)29-16/h4-5,7-8,12H,3,6,9-11H2,1-2H3,(H2,21,23,26)/t12-/m0/s1. The fraction of sp³-hybridized carbons (Fsp3) is 0.400. The fourth-order valence-corrected chi connectivity index (χ4v) is 4.04. The molecule has 0 unspecified atom stereocenters. The second kappa shape index (κ2) is 9.51. The molecular formula is C20H23N3O5S. The smallest absolute Gasteiger partial charge is 0.338 e. The van der Waals surface area contributed by atoms with Crippen LogP contribution in [0.3, 0.4) is 0 Å². The number of nitrogens with one attached hydrogen (secondary N) is 2. The van der Waals surface area contributed by atoms with Crippen LogP contribution in [0.2, 0.25) is 0 Å². The molecule has 9 heteroatoms. The number of carbonyl (C=O) groups is 3. The molecule has 1 aromatic carbocycles. The van der Waals surface area contributed by atoms with Crippen LogP contribution in [-0.4, -0.2) is 42.2 Å². The molecule has 0 radical (unpaired) electrons. The average molecular weight is 417 g/mol.